The molecule has 190 valence electrons. The fourth-order valence-corrected chi connectivity index (χ4v) is 5.22. The lowest BCUT2D eigenvalue weighted by molar-refractivity contribution is -0.384. The largest absolute Gasteiger partial charge is 0.497 e. The Morgan fingerprint density at radius 3 is 2.50 bits per heavy atom. The van der Waals surface area contributed by atoms with Crippen LogP contribution in [0.25, 0.3) is 16.9 Å². The van der Waals surface area contributed by atoms with Gasteiger partial charge in [0.1, 0.15) is 17.1 Å². The normalized spacial score (nSPS) is 14.9. The quantitative estimate of drug-likeness (QED) is 0.346. The number of rotatable bonds is 7. The van der Waals surface area contributed by atoms with Crippen LogP contribution in [-0.2, 0) is 9.84 Å². The first kappa shape index (κ1) is 25.2. The summed E-state index contributed by atoms with van der Waals surface area (Å²) in [5, 5.41) is 16.5. The number of hydrogen-bond acceptors (Lipinski definition) is 9. The molecule has 0 unspecified atom stereocenters. The number of aromatic nitrogens is 2. The van der Waals surface area contributed by atoms with Gasteiger partial charge in [0, 0.05) is 44.0 Å². The zero-order chi connectivity index (χ0) is 26.0. The van der Waals surface area contributed by atoms with E-state index < -0.39 is 20.3 Å². The minimum absolute atomic E-state index is 0.00567. The second-order valence-corrected chi connectivity index (χ2v) is 10.8. The Kier molecular flexibility index (Phi) is 6.97. The molecule has 1 aliphatic rings. The smallest absolute Gasteiger partial charge is 0.295 e. The number of ether oxygens (including phenoxy) is 1. The van der Waals surface area contributed by atoms with Gasteiger partial charge in [0.25, 0.3) is 11.2 Å². The molecule has 11 nitrogen and oxygen atoms in total. The molecule has 0 aliphatic carbocycles. The Bertz CT molecular complexity index is 1460. The molecule has 0 atom stereocenters. The third-order valence-corrected chi connectivity index (χ3v) is 7.85. The minimum atomic E-state index is -3.11. The van der Waals surface area contributed by atoms with Crippen LogP contribution in [0.1, 0.15) is 6.92 Å². The third-order valence-electron chi connectivity index (χ3n) is 6.24. The molecule has 1 fully saturated rings. The SMILES string of the molecule is CCN(C)c1cc(-c2cccc(OC)c2)nn(-c2cc(N3CCS(=O)(=O)CC3)ccc2[N+](=O)[O-])c1=O. The van der Waals surface area contributed by atoms with E-state index >= 15 is 0 Å². The summed E-state index contributed by atoms with van der Waals surface area (Å²) < 4.78 is 30.1. The first-order chi connectivity index (χ1) is 17.1. The summed E-state index contributed by atoms with van der Waals surface area (Å²) in [5.41, 5.74) is 1.23. The van der Waals surface area contributed by atoms with Crippen molar-refractivity contribution in [2.75, 3.05) is 55.1 Å². The first-order valence-corrected chi connectivity index (χ1v) is 13.2. The number of methoxy groups -OCH3 is 1. The van der Waals surface area contributed by atoms with Gasteiger partial charge < -0.3 is 14.5 Å². The number of anilines is 2. The van der Waals surface area contributed by atoms with Gasteiger partial charge in [-0.3, -0.25) is 14.9 Å². The molecule has 0 bridgehead atoms. The predicted octanol–water partition coefficient (Wildman–Crippen LogP) is 2.51. The monoisotopic (exact) mass is 513 g/mol. The van der Waals surface area contributed by atoms with E-state index in [2.05, 4.69) is 5.10 Å². The second kappa shape index (κ2) is 9.97. The molecule has 0 amide bonds. The minimum Gasteiger partial charge on any atom is -0.497 e. The first-order valence-electron chi connectivity index (χ1n) is 11.4. The summed E-state index contributed by atoms with van der Waals surface area (Å²) in [6, 6.07) is 13.2. The topological polar surface area (TPSA) is 128 Å². The molecule has 1 aliphatic heterocycles. The molecule has 2 heterocycles. The molecule has 0 saturated carbocycles. The van der Waals surface area contributed by atoms with Crippen molar-refractivity contribution in [3.8, 4) is 22.7 Å². The van der Waals surface area contributed by atoms with Gasteiger partial charge in [0.05, 0.1) is 29.2 Å². The highest BCUT2D eigenvalue weighted by Crippen LogP contribution is 2.30. The van der Waals surface area contributed by atoms with Gasteiger partial charge in [-0.25, -0.2) is 8.42 Å². The Morgan fingerprint density at radius 1 is 1.14 bits per heavy atom. The van der Waals surface area contributed by atoms with Gasteiger partial charge in [-0.1, -0.05) is 12.1 Å². The van der Waals surface area contributed by atoms with E-state index in [-0.39, 0.29) is 36.0 Å². The van der Waals surface area contributed by atoms with Crippen molar-refractivity contribution in [1.82, 2.24) is 9.78 Å². The maximum Gasteiger partial charge on any atom is 0.295 e. The average molecular weight is 514 g/mol. The van der Waals surface area contributed by atoms with Crippen molar-refractivity contribution in [2.45, 2.75) is 6.92 Å². The molecule has 3 aromatic rings. The summed E-state index contributed by atoms with van der Waals surface area (Å²) in [4.78, 5) is 28.5. The number of nitrogens with zero attached hydrogens (tertiary/aromatic N) is 5. The van der Waals surface area contributed by atoms with E-state index in [4.69, 9.17) is 4.74 Å². The zero-order valence-corrected chi connectivity index (χ0v) is 21.1. The van der Waals surface area contributed by atoms with Crippen LogP contribution in [-0.4, -0.2) is 68.4 Å². The second-order valence-electron chi connectivity index (χ2n) is 8.45. The summed E-state index contributed by atoms with van der Waals surface area (Å²) in [6.45, 7) is 2.94. The van der Waals surface area contributed by atoms with E-state index in [9.17, 15) is 23.3 Å². The lowest BCUT2D eigenvalue weighted by atomic mass is 10.1. The van der Waals surface area contributed by atoms with Crippen LogP contribution in [0.3, 0.4) is 0 Å². The van der Waals surface area contributed by atoms with Gasteiger partial charge in [-0.05, 0) is 37.3 Å². The number of benzene rings is 2. The zero-order valence-electron chi connectivity index (χ0n) is 20.2. The highest BCUT2D eigenvalue weighted by atomic mass is 32.2. The molecule has 0 spiro atoms. The molecule has 1 saturated heterocycles. The maximum atomic E-state index is 13.5. The fourth-order valence-electron chi connectivity index (χ4n) is 4.02. The van der Waals surface area contributed by atoms with Crippen LogP contribution in [0.15, 0.2) is 53.3 Å². The highest BCUT2D eigenvalue weighted by molar-refractivity contribution is 7.91. The molecule has 12 heteroatoms. The van der Waals surface area contributed by atoms with E-state index in [0.717, 1.165) is 4.68 Å². The Labute approximate surface area is 208 Å². The van der Waals surface area contributed by atoms with Crippen molar-refractivity contribution in [3.63, 3.8) is 0 Å². The summed E-state index contributed by atoms with van der Waals surface area (Å²) in [6.07, 6.45) is 0. The van der Waals surface area contributed by atoms with Crippen molar-refractivity contribution < 1.29 is 18.1 Å². The van der Waals surface area contributed by atoms with Crippen LogP contribution in [0.2, 0.25) is 0 Å². The van der Waals surface area contributed by atoms with Gasteiger partial charge in [0.2, 0.25) is 0 Å². The summed E-state index contributed by atoms with van der Waals surface area (Å²) >= 11 is 0. The predicted molar refractivity (Wildman–Crippen MR) is 138 cm³/mol. The van der Waals surface area contributed by atoms with Gasteiger partial charge in [-0.15, -0.1) is 0 Å². The van der Waals surface area contributed by atoms with Crippen LogP contribution < -0.4 is 20.1 Å². The average Bonchev–Trinajstić information content (AvgIpc) is 2.88. The van der Waals surface area contributed by atoms with E-state index in [0.29, 0.717) is 34.9 Å². The van der Waals surface area contributed by atoms with E-state index in [1.54, 1.807) is 49.4 Å². The van der Waals surface area contributed by atoms with E-state index in [1.807, 2.05) is 17.9 Å². The molecule has 2 aromatic carbocycles. The third kappa shape index (κ3) is 5.03. The number of nitro benzene ring substituents is 1. The van der Waals surface area contributed by atoms with Gasteiger partial charge >= 0.3 is 0 Å². The van der Waals surface area contributed by atoms with Crippen molar-refractivity contribution in [2.24, 2.45) is 0 Å². The highest BCUT2D eigenvalue weighted by Gasteiger charge is 2.26. The van der Waals surface area contributed by atoms with Crippen LogP contribution in [0, 0.1) is 10.1 Å². The molecule has 0 radical (unpaired) electrons. The van der Waals surface area contributed by atoms with Crippen LogP contribution in [0.4, 0.5) is 17.1 Å². The standard InChI is InChI=1S/C24H27N5O6S/c1-4-26(2)23-16-20(17-6-5-7-19(14-17)35-3)25-28(24(23)30)22-15-18(8-9-21(22)29(31)32)27-10-12-36(33,34)13-11-27/h5-9,14-16H,4,10-13H2,1-3H3. The van der Waals surface area contributed by atoms with Crippen LogP contribution >= 0.6 is 0 Å². The molecule has 1 aromatic heterocycles. The van der Waals surface area contributed by atoms with Crippen molar-refractivity contribution >= 4 is 26.9 Å². The summed E-state index contributed by atoms with van der Waals surface area (Å²) in [5.74, 6) is 0.591. The number of hydrogen-bond donors (Lipinski definition) is 0. The fraction of sp³-hybridized carbons (Fsp3) is 0.333. The molecule has 36 heavy (non-hydrogen) atoms. The molecule has 0 N–H and O–H groups in total. The van der Waals surface area contributed by atoms with E-state index in [1.165, 1.54) is 12.1 Å². The Morgan fingerprint density at radius 2 is 1.86 bits per heavy atom. The lowest BCUT2D eigenvalue weighted by Gasteiger charge is -2.29. The van der Waals surface area contributed by atoms with Crippen molar-refractivity contribution in [1.29, 1.82) is 0 Å². The Hall–Kier alpha value is -3.93. The Balaban J connectivity index is 1.92. The number of sulfone groups is 1. The molecular formula is C24H27N5O6S. The van der Waals surface area contributed by atoms with Crippen molar-refractivity contribution in [3.05, 3.63) is 69.0 Å². The summed E-state index contributed by atoms with van der Waals surface area (Å²) in [7, 11) is 0.198. The van der Waals surface area contributed by atoms with Crippen LogP contribution in [0.5, 0.6) is 5.75 Å². The number of nitro groups is 1. The molecule has 4 rings (SSSR count). The maximum absolute atomic E-state index is 13.5. The lowest BCUT2D eigenvalue weighted by Crippen LogP contribution is -2.40. The molecular weight excluding hydrogens is 486 g/mol. The van der Waals surface area contributed by atoms with Gasteiger partial charge in [0.15, 0.2) is 9.84 Å². The van der Waals surface area contributed by atoms with Gasteiger partial charge in [-0.2, -0.15) is 9.78 Å².